The van der Waals surface area contributed by atoms with E-state index in [0.717, 1.165) is 21.9 Å². The zero-order chi connectivity index (χ0) is 21.9. The number of carbonyl (C=O) groups excluding carboxylic acids is 1. The molecule has 4 aromatic rings. The summed E-state index contributed by atoms with van der Waals surface area (Å²) in [5.74, 6) is 0.514. The van der Waals surface area contributed by atoms with Crippen molar-refractivity contribution in [2.24, 2.45) is 0 Å². The van der Waals surface area contributed by atoms with Crippen LogP contribution in [0.2, 0.25) is 0 Å². The molecule has 32 heavy (non-hydrogen) atoms. The summed E-state index contributed by atoms with van der Waals surface area (Å²) in [6.07, 6.45) is 0. The molecule has 160 valence electrons. The van der Waals surface area contributed by atoms with Crippen molar-refractivity contribution in [3.8, 4) is 5.69 Å². The van der Waals surface area contributed by atoms with E-state index in [1.54, 1.807) is 23.9 Å². The summed E-state index contributed by atoms with van der Waals surface area (Å²) in [4.78, 5) is 16.5. The van der Waals surface area contributed by atoms with Crippen LogP contribution in [-0.2, 0) is 4.79 Å². The molecule has 1 amide bonds. The van der Waals surface area contributed by atoms with Gasteiger partial charge in [0, 0.05) is 10.6 Å². The number of rotatable bonds is 5. The molecule has 1 atom stereocenters. The predicted octanol–water partition coefficient (Wildman–Crippen LogP) is 4.77. The van der Waals surface area contributed by atoms with Crippen LogP contribution in [0.3, 0.4) is 0 Å². The van der Waals surface area contributed by atoms with Crippen LogP contribution < -0.4 is 4.90 Å². The van der Waals surface area contributed by atoms with E-state index < -0.39 is 0 Å². The number of hydrogen-bond acceptors (Lipinski definition) is 6. The van der Waals surface area contributed by atoms with Crippen molar-refractivity contribution in [2.45, 2.75) is 16.1 Å². The summed E-state index contributed by atoms with van der Waals surface area (Å²) in [5.41, 5.74) is 2.51. The average molecular weight is 464 g/mol. The number of nitrogens with zero attached hydrogens (tertiary/aromatic N) is 5. The highest BCUT2D eigenvalue weighted by Crippen LogP contribution is 2.43. The SMILES string of the molecule is O=C(CSc1nnnn1-c1cccc(F)c1)N1c2ccccc2SC[C@@H]1c1ccccc1. The van der Waals surface area contributed by atoms with E-state index >= 15 is 0 Å². The number of carbonyl (C=O) groups is 1. The van der Waals surface area contributed by atoms with Gasteiger partial charge in [-0.3, -0.25) is 4.79 Å². The Labute approximate surface area is 192 Å². The van der Waals surface area contributed by atoms with Crippen LogP contribution in [0.5, 0.6) is 0 Å². The van der Waals surface area contributed by atoms with E-state index in [9.17, 15) is 9.18 Å². The lowest BCUT2D eigenvalue weighted by molar-refractivity contribution is -0.116. The molecule has 1 aliphatic heterocycles. The molecule has 6 nitrogen and oxygen atoms in total. The second kappa shape index (κ2) is 9.13. The summed E-state index contributed by atoms with van der Waals surface area (Å²) in [6, 6.07) is 24.0. The van der Waals surface area contributed by atoms with Crippen molar-refractivity contribution in [2.75, 3.05) is 16.4 Å². The number of tetrazole rings is 1. The Hall–Kier alpha value is -3.17. The molecule has 0 saturated carbocycles. The first-order valence-corrected chi connectivity index (χ1v) is 11.9. The first kappa shape index (κ1) is 20.7. The van der Waals surface area contributed by atoms with Crippen LogP contribution in [0, 0.1) is 5.82 Å². The molecule has 2 heterocycles. The molecule has 0 fully saturated rings. The third-order valence-electron chi connectivity index (χ3n) is 5.10. The van der Waals surface area contributed by atoms with Gasteiger partial charge in [0.15, 0.2) is 0 Å². The van der Waals surface area contributed by atoms with E-state index in [-0.39, 0.29) is 23.5 Å². The molecule has 0 radical (unpaired) electrons. The smallest absolute Gasteiger partial charge is 0.238 e. The minimum Gasteiger partial charge on any atom is -0.302 e. The molecule has 1 aliphatic rings. The fraction of sp³-hybridized carbons (Fsp3) is 0.130. The van der Waals surface area contributed by atoms with Crippen molar-refractivity contribution in [3.05, 3.63) is 90.2 Å². The van der Waals surface area contributed by atoms with Gasteiger partial charge in [-0.25, -0.2) is 4.39 Å². The Kier molecular flexibility index (Phi) is 5.91. The second-order valence-electron chi connectivity index (χ2n) is 7.11. The van der Waals surface area contributed by atoms with Crippen molar-refractivity contribution in [3.63, 3.8) is 0 Å². The molecule has 0 aliphatic carbocycles. The minimum absolute atomic E-state index is 0.0367. The Morgan fingerprint density at radius 3 is 2.72 bits per heavy atom. The average Bonchev–Trinajstić information content (AvgIpc) is 3.31. The van der Waals surface area contributed by atoms with Gasteiger partial charge in [-0.1, -0.05) is 60.3 Å². The Bertz CT molecular complexity index is 1250. The van der Waals surface area contributed by atoms with E-state index in [1.165, 1.54) is 28.6 Å². The maximum Gasteiger partial charge on any atom is 0.238 e. The summed E-state index contributed by atoms with van der Waals surface area (Å²) in [7, 11) is 0. The lowest BCUT2D eigenvalue weighted by atomic mass is 10.1. The normalized spacial score (nSPS) is 15.4. The van der Waals surface area contributed by atoms with Gasteiger partial charge in [0.1, 0.15) is 5.82 Å². The van der Waals surface area contributed by atoms with Crippen LogP contribution in [-0.4, -0.2) is 37.6 Å². The minimum atomic E-state index is -0.377. The quantitative estimate of drug-likeness (QED) is 0.397. The van der Waals surface area contributed by atoms with Crippen LogP contribution in [0.25, 0.3) is 5.69 Å². The van der Waals surface area contributed by atoms with Gasteiger partial charge >= 0.3 is 0 Å². The zero-order valence-corrected chi connectivity index (χ0v) is 18.5. The number of aromatic nitrogens is 4. The molecule has 0 bridgehead atoms. The van der Waals surface area contributed by atoms with Gasteiger partial charge in [-0.2, -0.15) is 4.68 Å². The second-order valence-corrected chi connectivity index (χ2v) is 9.12. The van der Waals surface area contributed by atoms with Crippen LogP contribution in [0.4, 0.5) is 10.1 Å². The molecular weight excluding hydrogens is 445 g/mol. The van der Waals surface area contributed by atoms with Crippen molar-refractivity contribution in [1.29, 1.82) is 0 Å². The fourth-order valence-electron chi connectivity index (χ4n) is 3.65. The molecule has 5 rings (SSSR count). The lowest BCUT2D eigenvalue weighted by Crippen LogP contribution is -2.39. The standard InChI is InChI=1S/C23H18FN5OS2/c24-17-9-6-10-18(13-17)29-23(25-26-27-29)32-15-22(30)28-19-11-4-5-12-21(19)31-14-20(28)16-7-2-1-3-8-16/h1-13,20H,14-15H2/t20-/m1/s1. The molecular formula is C23H18FN5OS2. The summed E-state index contributed by atoms with van der Waals surface area (Å²) < 4.78 is 15.1. The first-order valence-electron chi connectivity index (χ1n) is 9.96. The van der Waals surface area contributed by atoms with Crippen molar-refractivity contribution in [1.82, 2.24) is 20.2 Å². The largest absolute Gasteiger partial charge is 0.302 e. The lowest BCUT2D eigenvalue weighted by Gasteiger charge is -2.37. The van der Waals surface area contributed by atoms with Crippen LogP contribution in [0.1, 0.15) is 11.6 Å². The maximum atomic E-state index is 13.6. The van der Waals surface area contributed by atoms with Crippen molar-refractivity contribution >= 4 is 35.1 Å². The van der Waals surface area contributed by atoms with E-state index in [1.807, 2.05) is 47.4 Å². The third kappa shape index (κ3) is 4.13. The van der Waals surface area contributed by atoms with Crippen LogP contribution >= 0.6 is 23.5 Å². The summed E-state index contributed by atoms with van der Waals surface area (Å²) in [5, 5.41) is 12.1. The van der Waals surface area contributed by atoms with Gasteiger partial charge in [0.25, 0.3) is 0 Å². The maximum absolute atomic E-state index is 13.6. The molecule has 0 spiro atoms. The highest BCUT2D eigenvalue weighted by atomic mass is 32.2. The topological polar surface area (TPSA) is 63.9 Å². The number of fused-ring (bicyclic) bond motifs is 1. The van der Waals surface area contributed by atoms with Crippen molar-refractivity contribution < 1.29 is 9.18 Å². The highest BCUT2D eigenvalue weighted by molar-refractivity contribution is 8.00. The molecule has 0 N–H and O–H groups in total. The number of thioether (sulfide) groups is 2. The number of halogens is 1. The van der Waals surface area contributed by atoms with Crippen LogP contribution in [0.15, 0.2) is 88.9 Å². The van der Waals surface area contributed by atoms with Gasteiger partial charge in [0.05, 0.1) is 23.2 Å². The molecule has 1 aromatic heterocycles. The third-order valence-corrected chi connectivity index (χ3v) is 7.15. The molecule has 3 aromatic carbocycles. The monoisotopic (exact) mass is 463 g/mol. The predicted molar refractivity (Wildman–Crippen MR) is 124 cm³/mol. The van der Waals surface area contributed by atoms with E-state index in [0.29, 0.717) is 10.8 Å². The molecule has 0 saturated heterocycles. The zero-order valence-electron chi connectivity index (χ0n) is 16.8. The number of anilines is 1. The fourth-order valence-corrected chi connectivity index (χ4v) is 5.57. The Balaban J connectivity index is 1.41. The Morgan fingerprint density at radius 2 is 1.88 bits per heavy atom. The Morgan fingerprint density at radius 1 is 1.06 bits per heavy atom. The summed E-state index contributed by atoms with van der Waals surface area (Å²) in [6.45, 7) is 0. The summed E-state index contributed by atoms with van der Waals surface area (Å²) >= 11 is 2.99. The van der Waals surface area contributed by atoms with Gasteiger partial charge in [-0.05, 0) is 46.3 Å². The number of benzene rings is 3. The molecule has 0 unspecified atom stereocenters. The van der Waals surface area contributed by atoms with Gasteiger partial charge in [-0.15, -0.1) is 16.9 Å². The number of hydrogen-bond donors (Lipinski definition) is 0. The number of amides is 1. The van der Waals surface area contributed by atoms with E-state index in [2.05, 4.69) is 27.7 Å². The van der Waals surface area contributed by atoms with Gasteiger partial charge < -0.3 is 4.90 Å². The first-order chi connectivity index (χ1) is 15.7. The van der Waals surface area contributed by atoms with Gasteiger partial charge in [0.2, 0.25) is 11.1 Å². The number of para-hydroxylation sites is 1. The van der Waals surface area contributed by atoms with E-state index in [4.69, 9.17) is 0 Å². The molecule has 9 heteroatoms. The highest BCUT2D eigenvalue weighted by Gasteiger charge is 2.32.